The number of phenolic OH excluding ortho intramolecular Hbond substituents is 1. The molecule has 2 N–H and O–H groups in total. The minimum atomic E-state index is -0.909. The second kappa shape index (κ2) is 6.70. The van der Waals surface area contributed by atoms with E-state index < -0.39 is 22.7 Å². The van der Waals surface area contributed by atoms with Gasteiger partial charge in [-0.3, -0.25) is 4.79 Å². The number of carbonyl (C=O) groups is 1. The number of benzene rings is 1. The van der Waals surface area contributed by atoms with E-state index in [1.54, 1.807) is 0 Å². The minimum Gasteiger partial charge on any atom is -0.507 e. The van der Waals surface area contributed by atoms with Crippen LogP contribution in [0.3, 0.4) is 0 Å². The molecule has 0 aliphatic heterocycles. The number of ketones is 1. The quantitative estimate of drug-likeness (QED) is 0.624. The van der Waals surface area contributed by atoms with Crippen molar-refractivity contribution in [3.8, 4) is 17.2 Å². The summed E-state index contributed by atoms with van der Waals surface area (Å²) in [5.41, 5.74) is -0.859. The van der Waals surface area contributed by atoms with Gasteiger partial charge in [0.25, 0.3) is 0 Å². The highest BCUT2D eigenvalue weighted by atomic mass is 79.9. The van der Waals surface area contributed by atoms with Crippen molar-refractivity contribution in [2.24, 2.45) is 0 Å². The molecule has 23 heavy (non-hydrogen) atoms. The van der Waals surface area contributed by atoms with E-state index in [-0.39, 0.29) is 17.3 Å². The van der Waals surface area contributed by atoms with E-state index >= 15 is 0 Å². The Morgan fingerprint density at radius 2 is 1.96 bits per heavy atom. The predicted octanol–water partition coefficient (Wildman–Crippen LogP) is 3.03. The molecular weight excluding hydrogens is 368 g/mol. The zero-order chi connectivity index (χ0) is 17.1. The molecule has 0 saturated carbocycles. The Hall–Kier alpha value is -2.54. The van der Waals surface area contributed by atoms with Crippen LogP contribution in [0.1, 0.15) is 21.7 Å². The lowest BCUT2D eigenvalue weighted by Crippen LogP contribution is -2.12. The fourth-order valence-corrected chi connectivity index (χ4v) is 2.38. The number of aryl methyl sites for hydroxylation is 1. The van der Waals surface area contributed by atoms with Gasteiger partial charge < -0.3 is 19.4 Å². The fourth-order valence-electron chi connectivity index (χ4n) is 1.92. The molecule has 0 aliphatic rings. The summed E-state index contributed by atoms with van der Waals surface area (Å²) in [4.78, 5) is 23.8. The fraction of sp³-hybridized carbons (Fsp3) is 0.125. The number of aromatic hydroxyl groups is 2. The van der Waals surface area contributed by atoms with Crippen LogP contribution in [0.4, 0.5) is 0 Å². The summed E-state index contributed by atoms with van der Waals surface area (Å²) in [6.07, 6.45) is 2.50. The maximum absolute atomic E-state index is 12.1. The van der Waals surface area contributed by atoms with Crippen LogP contribution in [0, 0.1) is 6.92 Å². The summed E-state index contributed by atoms with van der Waals surface area (Å²) in [5, 5.41) is 19.5. The Balaban J connectivity index is 2.36. The molecule has 0 fully saturated rings. The molecular formula is C16H13BrO6. The van der Waals surface area contributed by atoms with Gasteiger partial charge >= 0.3 is 5.63 Å². The molecule has 0 atom stereocenters. The molecule has 0 radical (unpaired) electrons. The summed E-state index contributed by atoms with van der Waals surface area (Å²) in [6.45, 7) is 1.49. The number of rotatable bonds is 4. The second-order valence-corrected chi connectivity index (χ2v) is 5.50. The van der Waals surface area contributed by atoms with Crippen molar-refractivity contribution >= 4 is 27.8 Å². The van der Waals surface area contributed by atoms with Crippen LogP contribution in [0.15, 0.2) is 38.0 Å². The van der Waals surface area contributed by atoms with Crippen LogP contribution >= 0.6 is 15.9 Å². The van der Waals surface area contributed by atoms with Crippen LogP contribution < -0.4 is 10.4 Å². The Morgan fingerprint density at radius 1 is 1.26 bits per heavy atom. The summed E-state index contributed by atoms with van der Waals surface area (Å²) in [7, 11) is 1.42. The number of hydrogen-bond acceptors (Lipinski definition) is 6. The normalized spacial score (nSPS) is 10.9. The highest BCUT2D eigenvalue weighted by molar-refractivity contribution is 9.10. The number of phenols is 1. The Kier molecular flexibility index (Phi) is 4.90. The van der Waals surface area contributed by atoms with E-state index in [1.807, 2.05) is 0 Å². The maximum atomic E-state index is 12.1. The van der Waals surface area contributed by atoms with Crippen LogP contribution in [0.2, 0.25) is 0 Å². The number of halogens is 1. The van der Waals surface area contributed by atoms with Gasteiger partial charge in [-0.05, 0) is 36.8 Å². The molecule has 0 spiro atoms. The summed E-state index contributed by atoms with van der Waals surface area (Å²) in [5.74, 6) is -0.767. The summed E-state index contributed by atoms with van der Waals surface area (Å²) < 4.78 is 10.3. The highest BCUT2D eigenvalue weighted by Gasteiger charge is 2.16. The Bertz CT molecular complexity index is 850. The van der Waals surface area contributed by atoms with Crippen molar-refractivity contribution in [1.29, 1.82) is 0 Å². The number of hydrogen-bond donors (Lipinski definition) is 2. The monoisotopic (exact) mass is 380 g/mol. The van der Waals surface area contributed by atoms with Gasteiger partial charge in [-0.15, -0.1) is 0 Å². The van der Waals surface area contributed by atoms with E-state index in [2.05, 4.69) is 15.9 Å². The molecule has 0 saturated heterocycles. The third kappa shape index (κ3) is 3.62. The van der Waals surface area contributed by atoms with Crippen molar-refractivity contribution < 1.29 is 24.2 Å². The van der Waals surface area contributed by atoms with Crippen LogP contribution in [0.25, 0.3) is 6.08 Å². The number of allylic oxidation sites excluding steroid dienone is 1. The van der Waals surface area contributed by atoms with Crippen molar-refractivity contribution in [1.82, 2.24) is 0 Å². The molecule has 7 heteroatoms. The second-order valence-electron chi connectivity index (χ2n) is 4.65. The molecule has 6 nitrogen and oxygen atoms in total. The van der Waals surface area contributed by atoms with Crippen molar-refractivity contribution in [3.05, 3.63) is 56.1 Å². The van der Waals surface area contributed by atoms with Gasteiger partial charge in [0.2, 0.25) is 0 Å². The van der Waals surface area contributed by atoms with E-state index in [1.165, 1.54) is 38.3 Å². The Morgan fingerprint density at radius 3 is 2.57 bits per heavy atom. The molecule has 0 amide bonds. The molecule has 1 heterocycles. The third-order valence-electron chi connectivity index (χ3n) is 3.01. The van der Waals surface area contributed by atoms with Crippen LogP contribution in [-0.2, 0) is 0 Å². The largest absolute Gasteiger partial charge is 0.507 e. The van der Waals surface area contributed by atoms with Crippen LogP contribution in [-0.4, -0.2) is 23.1 Å². The lowest BCUT2D eigenvalue weighted by molar-refractivity contribution is 0.104. The zero-order valence-corrected chi connectivity index (χ0v) is 13.9. The standard InChI is InChI=1S/C16H13BrO6/c1-8-5-13(20)15(16(21)23-8)11(18)4-3-9-6-12(19)14(22-2)7-10(9)17/h3-7,19-20H,1-2H3/b4-3+. The molecule has 120 valence electrons. The molecule has 2 aromatic rings. The van der Waals surface area contributed by atoms with E-state index in [0.717, 1.165) is 6.08 Å². The van der Waals surface area contributed by atoms with Crippen LogP contribution in [0.5, 0.6) is 17.2 Å². The minimum absolute atomic E-state index is 0.0968. The third-order valence-corrected chi connectivity index (χ3v) is 3.70. The first kappa shape index (κ1) is 16.8. The van der Waals surface area contributed by atoms with Crippen molar-refractivity contribution in [2.75, 3.05) is 7.11 Å². The summed E-state index contributed by atoms with van der Waals surface area (Å²) in [6, 6.07) is 4.12. The topological polar surface area (TPSA) is 97.0 Å². The average molecular weight is 381 g/mol. The predicted molar refractivity (Wildman–Crippen MR) is 87.1 cm³/mol. The van der Waals surface area contributed by atoms with Gasteiger partial charge in [-0.25, -0.2) is 4.79 Å². The molecule has 2 rings (SSSR count). The first-order valence-corrected chi connectivity index (χ1v) is 7.25. The zero-order valence-electron chi connectivity index (χ0n) is 12.3. The smallest absolute Gasteiger partial charge is 0.351 e. The number of ether oxygens (including phenoxy) is 1. The van der Waals surface area contributed by atoms with Gasteiger partial charge in [-0.1, -0.05) is 15.9 Å². The van der Waals surface area contributed by atoms with E-state index in [4.69, 9.17) is 9.15 Å². The first-order chi connectivity index (χ1) is 10.8. The molecule has 1 aromatic heterocycles. The van der Waals surface area contributed by atoms with Crippen molar-refractivity contribution in [3.63, 3.8) is 0 Å². The number of methoxy groups -OCH3 is 1. The average Bonchev–Trinajstić information content (AvgIpc) is 2.46. The first-order valence-electron chi connectivity index (χ1n) is 6.46. The molecule has 0 unspecified atom stereocenters. The van der Waals surface area contributed by atoms with Gasteiger partial charge in [-0.2, -0.15) is 0 Å². The maximum Gasteiger partial charge on any atom is 0.351 e. The SMILES string of the molecule is COc1cc(Br)c(/C=C/C(=O)c2c(O)cc(C)oc2=O)cc1O. The van der Waals surface area contributed by atoms with E-state index in [0.29, 0.717) is 10.0 Å². The summed E-state index contributed by atoms with van der Waals surface area (Å²) >= 11 is 3.28. The van der Waals surface area contributed by atoms with Crippen molar-refractivity contribution in [2.45, 2.75) is 6.92 Å². The van der Waals surface area contributed by atoms with Gasteiger partial charge in [0, 0.05) is 10.5 Å². The number of carbonyl (C=O) groups excluding carboxylic acids is 1. The van der Waals surface area contributed by atoms with Gasteiger partial charge in [0.15, 0.2) is 17.3 Å². The lowest BCUT2D eigenvalue weighted by Gasteiger charge is -2.06. The Labute approximate surface area is 139 Å². The van der Waals surface area contributed by atoms with Gasteiger partial charge in [0.1, 0.15) is 17.1 Å². The molecule has 1 aromatic carbocycles. The highest BCUT2D eigenvalue weighted by Crippen LogP contribution is 2.33. The molecule has 0 bridgehead atoms. The van der Waals surface area contributed by atoms with Gasteiger partial charge in [0.05, 0.1) is 7.11 Å². The van der Waals surface area contributed by atoms with E-state index in [9.17, 15) is 19.8 Å². The lowest BCUT2D eigenvalue weighted by atomic mass is 10.1. The molecule has 0 aliphatic carbocycles.